The van der Waals surface area contributed by atoms with E-state index in [0.717, 1.165) is 5.56 Å². The number of ether oxygens (including phenoxy) is 2. The first-order chi connectivity index (χ1) is 8.36. The number of aryl methyl sites for hydroxylation is 1. The minimum absolute atomic E-state index is 0.141. The highest BCUT2D eigenvalue weighted by Crippen LogP contribution is 2.19. The summed E-state index contributed by atoms with van der Waals surface area (Å²) in [4.78, 5) is 11.3. The van der Waals surface area contributed by atoms with Gasteiger partial charge in [-0.15, -0.1) is 0 Å². The molecular weight excluding hydrogens is 237 g/mol. The normalized spacial score (nSPS) is 13.8. The molecule has 0 aliphatic rings. The molecule has 1 unspecified atom stereocenters. The van der Waals surface area contributed by atoms with Gasteiger partial charge in [-0.1, -0.05) is 6.07 Å². The Kier molecular flexibility index (Phi) is 4.67. The fourth-order valence-corrected chi connectivity index (χ4v) is 1.43. The third-order valence-corrected chi connectivity index (χ3v) is 2.62. The Morgan fingerprint density at radius 2 is 2.17 bits per heavy atom. The maximum atomic E-state index is 13.4. The van der Waals surface area contributed by atoms with Crippen LogP contribution in [-0.2, 0) is 9.53 Å². The molecule has 0 heterocycles. The Morgan fingerprint density at radius 3 is 2.78 bits per heavy atom. The number of hydrogen-bond donors (Lipinski definition) is 1. The van der Waals surface area contributed by atoms with E-state index in [1.54, 1.807) is 19.1 Å². The molecule has 0 saturated carbocycles. The van der Waals surface area contributed by atoms with Gasteiger partial charge in [-0.3, -0.25) is 4.79 Å². The van der Waals surface area contributed by atoms with Crippen molar-refractivity contribution in [2.24, 2.45) is 5.73 Å². The van der Waals surface area contributed by atoms with Crippen LogP contribution in [0.2, 0.25) is 0 Å². The lowest BCUT2D eigenvalue weighted by molar-refractivity contribution is -0.146. The van der Waals surface area contributed by atoms with Crippen LogP contribution in [0.5, 0.6) is 5.75 Å². The zero-order chi connectivity index (χ0) is 13.8. The minimum Gasteiger partial charge on any atom is -0.490 e. The van der Waals surface area contributed by atoms with Gasteiger partial charge >= 0.3 is 5.97 Å². The summed E-state index contributed by atoms with van der Waals surface area (Å²) in [7, 11) is 1.27. The van der Waals surface area contributed by atoms with Crippen LogP contribution in [0.15, 0.2) is 18.2 Å². The molecule has 0 aliphatic carbocycles. The monoisotopic (exact) mass is 255 g/mol. The van der Waals surface area contributed by atoms with Gasteiger partial charge in [0.05, 0.1) is 13.7 Å². The average molecular weight is 255 g/mol. The highest BCUT2D eigenvalue weighted by Gasteiger charge is 2.29. The topological polar surface area (TPSA) is 61.5 Å². The first-order valence-corrected chi connectivity index (χ1v) is 5.63. The second-order valence-electron chi connectivity index (χ2n) is 4.44. The average Bonchev–Trinajstić information content (AvgIpc) is 2.32. The molecule has 1 atom stereocenters. The summed E-state index contributed by atoms with van der Waals surface area (Å²) in [5.74, 6) is -0.788. The van der Waals surface area contributed by atoms with Gasteiger partial charge in [0.25, 0.3) is 0 Å². The Balaban J connectivity index is 2.56. The molecule has 0 bridgehead atoms. The summed E-state index contributed by atoms with van der Waals surface area (Å²) in [6, 6.07) is 4.59. The molecule has 0 saturated heterocycles. The highest BCUT2D eigenvalue weighted by atomic mass is 19.1. The molecule has 5 heteroatoms. The third-order valence-electron chi connectivity index (χ3n) is 2.62. The van der Waals surface area contributed by atoms with Gasteiger partial charge in [0, 0.05) is 6.42 Å². The first-order valence-electron chi connectivity index (χ1n) is 5.63. The molecule has 18 heavy (non-hydrogen) atoms. The first kappa shape index (κ1) is 14.4. The molecular formula is C13H18FNO3. The van der Waals surface area contributed by atoms with Gasteiger partial charge in [-0.05, 0) is 31.5 Å². The maximum Gasteiger partial charge on any atom is 0.325 e. The molecule has 1 aromatic rings. The summed E-state index contributed by atoms with van der Waals surface area (Å²) in [5.41, 5.74) is 5.52. The SMILES string of the molecule is COC(=O)C(C)(N)CCOc1cc(C)ccc1F. The summed E-state index contributed by atoms with van der Waals surface area (Å²) in [6.07, 6.45) is 0.243. The number of rotatable bonds is 5. The van der Waals surface area contributed by atoms with Crippen LogP contribution in [-0.4, -0.2) is 25.2 Å². The van der Waals surface area contributed by atoms with Crippen LogP contribution >= 0.6 is 0 Å². The van der Waals surface area contributed by atoms with E-state index >= 15 is 0 Å². The van der Waals surface area contributed by atoms with Crippen molar-refractivity contribution in [3.8, 4) is 5.75 Å². The van der Waals surface area contributed by atoms with Crippen LogP contribution in [0.1, 0.15) is 18.9 Å². The molecule has 0 fully saturated rings. The molecule has 0 radical (unpaired) electrons. The van der Waals surface area contributed by atoms with Crippen molar-refractivity contribution in [1.29, 1.82) is 0 Å². The third kappa shape index (κ3) is 3.70. The van der Waals surface area contributed by atoms with Gasteiger partial charge in [-0.2, -0.15) is 0 Å². The van der Waals surface area contributed by atoms with E-state index in [1.165, 1.54) is 13.2 Å². The number of carbonyl (C=O) groups is 1. The predicted octanol–water partition coefficient (Wildman–Crippen LogP) is 1.79. The second kappa shape index (κ2) is 5.82. The standard InChI is InChI=1S/C13H18FNO3/c1-9-4-5-10(14)11(8-9)18-7-6-13(2,15)12(16)17-3/h4-5,8H,6-7,15H2,1-3H3. The van der Waals surface area contributed by atoms with Crippen molar-refractivity contribution in [2.75, 3.05) is 13.7 Å². The summed E-state index contributed by atoms with van der Waals surface area (Å²) < 4.78 is 23.2. The lowest BCUT2D eigenvalue weighted by atomic mass is 10.0. The number of esters is 1. The lowest BCUT2D eigenvalue weighted by Gasteiger charge is -2.21. The molecule has 4 nitrogen and oxygen atoms in total. The van der Waals surface area contributed by atoms with Crippen LogP contribution in [0.25, 0.3) is 0 Å². The van der Waals surface area contributed by atoms with Crippen molar-refractivity contribution in [3.05, 3.63) is 29.6 Å². The fourth-order valence-electron chi connectivity index (χ4n) is 1.43. The van der Waals surface area contributed by atoms with Gasteiger partial charge in [0.1, 0.15) is 5.54 Å². The fraction of sp³-hybridized carbons (Fsp3) is 0.462. The van der Waals surface area contributed by atoms with Gasteiger partial charge in [0.15, 0.2) is 11.6 Å². The van der Waals surface area contributed by atoms with E-state index in [4.69, 9.17) is 10.5 Å². The van der Waals surface area contributed by atoms with Crippen LogP contribution in [0.4, 0.5) is 4.39 Å². The molecule has 0 amide bonds. The van der Waals surface area contributed by atoms with Crippen LogP contribution in [0, 0.1) is 12.7 Å². The Labute approximate surface area is 106 Å². The molecule has 0 aliphatic heterocycles. The summed E-state index contributed by atoms with van der Waals surface area (Å²) in [5, 5.41) is 0. The van der Waals surface area contributed by atoms with Crippen molar-refractivity contribution < 1.29 is 18.7 Å². The molecule has 0 spiro atoms. The Morgan fingerprint density at radius 1 is 1.50 bits per heavy atom. The smallest absolute Gasteiger partial charge is 0.325 e. The minimum atomic E-state index is -1.13. The Hall–Kier alpha value is -1.62. The van der Waals surface area contributed by atoms with E-state index in [9.17, 15) is 9.18 Å². The molecule has 0 aromatic heterocycles. The number of carbonyl (C=O) groups excluding carboxylic acids is 1. The van der Waals surface area contributed by atoms with E-state index < -0.39 is 17.3 Å². The molecule has 1 rings (SSSR count). The largest absolute Gasteiger partial charge is 0.490 e. The lowest BCUT2D eigenvalue weighted by Crippen LogP contribution is -2.46. The number of nitrogens with two attached hydrogens (primary N) is 1. The summed E-state index contributed by atoms with van der Waals surface area (Å²) in [6.45, 7) is 3.53. The van der Waals surface area contributed by atoms with E-state index in [2.05, 4.69) is 4.74 Å². The Bertz CT molecular complexity index is 432. The number of benzene rings is 1. The number of methoxy groups -OCH3 is 1. The van der Waals surface area contributed by atoms with E-state index in [-0.39, 0.29) is 18.8 Å². The zero-order valence-electron chi connectivity index (χ0n) is 10.8. The predicted molar refractivity (Wildman–Crippen MR) is 65.9 cm³/mol. The van der Waals surface area contributed by atoms with Crippen molar-refractivity contribution in [1.82, 2.24) is 0 Å². The maximum absolute atomic E-state index is 13.4. The van der Waals surface area contributed by atoms with Gasteiger partial charge in [0.2, 0.25) is 0 Å². The molecule has 100 valence electrons. The number of hydrogen-bond acceptors (Lipinski definition) is 4. The molecule has 2 N–H and O–H groups in total. The van der Waals surface area contributed by atoms with E-state index in [1.807, 2.05) is 6.92 Å². The second-order valence-corrected chi connectivity index (χ2v) is 4.44. The zero-order valence-corrected chi connectivity index (χ0v) is 10.8. The van der Waals surface area contributed by atoms with Gasteiger partial charge in [-0.25, -0.2) is 4.39 Å². The van der Waals surface area contributed by atoms with Crippen molar-refractivity contribution in [2.45, 2.75) is 25.8 Å². The van der Waals surface area contributed by atoms with Gasteiger partial charge < -0.3 is 15.2 Å². The van der Waals surface area contributed by atoms with Crippen molar-refractivity contribution >= 4 is 5.97 Å². The van der Waals surface area contributed by atoms with Crippen LogP contribution in [0.3, 0.4) is 0 Å². The quantitative estimate of drug-likeness (QED) is 0.815. The molecule has 1 aromatic carbocycles. The van der Waals surface area contributed by atoms with E-state index in [0.29, 0.717) is 0 Å². The highest BCUT2D eigenvalue weighted by molar-refractivity contribution is 5.79. The number of halogens is 1. The van der Waals surface area contributed by atoms with Crippen LogP contribution < -0.4 is 10.5 Å². The van der Waals surface area contributed by atoms with Crippen molar-refractivity contribution in [3.63, 3.8) is 0 Å². The summed E-state index contributed by atoms with van der Waals surface area (Å²) >= 11 is 0.